The van der Waals surface area contributed by atoms with E-state index in [0.717, 1.165) is 11.0 Å². The number of piperazine rings is 1. The fourth-order valence-corrected chi connectivity index (χ4v) is 3.59. The number of halogens is 3. The molecule has 1 aliphatic rings. The van der Waals surface area contributed by atoms with Crippen molar-refractivity contribution in [2.24, 2.45) is 0 Å². The predicted octanol–water partition coefficient (Wildman–Crippen LogP) is 1.28. The summed E-state index contributed by atoms with van der Waals surface area (Å²) in [6.45, 7) is -0.661. The zero-order valence-corrected chi connectivity index (χ0v) is 14.8. The van der Waals surface area contributed by atoms with Crippen molar-refractivity contribution in [2.75, 3.05) is 39.3 Å². The lowest BCUT2D eigenvalue weighted by molar-refractivity contribution is -0.139. The van der Waals surface area contributed by atoms with Gasteiger partial charge in [-0.3, -0.25) is 9.69 Å². The largest absolute Gasteiger partial charge is 0.405 e. The molecule has 0 unspecified atom stereocenters. The molecule has 0 bridgehead atoms. The number of benzene rings is 1. The molecule has 0 radical (unpaired) electrons. The van der Waals surface area contributed by atoms with Gasteiger partial charge in [-0.1, -0.05) is 30.3 Å². The molecule has 0 atom stereocenters. The van der Waals surface area contributed by atoms with Crippen LogP contribution in [0.15, 0.2) is 35.7 Å². The third-order valence-corrected chi connectivity index (χ3v) is 5.34. The summed E-state index contributed by atoms with van der Waals surface area (Å²) in [7, 11) is -3.59. The quantitative estimate of drug-likeness (QED) is 0.793. The number of amides is 1. The van der Waals surface area contributed by atoms with Gasteiger partial charge in [0, 0.05) is 31.6 Å². The van der Waals surface area contributed by atoms with Gasteiger partial charge in [-0.2, -0.15) is 17.5 Å². The summed E-state index contributed by atoms with van der Waals surface area (Å²) in [6.07, 6.45) is -2.94. The van der Waals surface area contributed by atoms with E-state index in [4.69, 9.17) is 0 Å². The molecule has 1 amide bonds. The van der Waals surface area contributed by atoms with Crippen LogP contribution in [0.2, 0.25) is 0 Å². The zero-order chi connectivity index (χ0) is 19.2. The van der Waals surface area contributed by atoms with Crippen LogP contribution in [0, 0.1) is 0 Å². The van der Waals surface area contributed by atoms with Gasteiger partial charge in [0.05, 0.1) is 6.54 Å². The fourth-order valence-electron chi connectivity index (χ4n) is 2.41. The molecule has 0 aromatic heterocycles. The molecule has 2 rings (SSSR count). The molecular formula is C16H20F3N3O3S. The van der Waals surface area contributed by atoms with Gasteiger partial charge in [-0.15, -0.1) is 0 Å². The average molecular weight is 391 g/mol. The topological polar surface area (TPSA) is 69.7 Å². The lowest BCUT2D eigenvalue weighted by Crippen LogP contribution is -2.51. The van der Waals surface area contributed by atoms with E-state index in [2.05, 4.69) is 0 Å². The highest BCUT2D eigenvalue weighted by atomic mass is 32.2. The lowest BCUT2D eigenvalue weighted by Gasteiger charge is -2.32. The summed E-state index contributed by atoms with van der Waals surface area (Å²) in [5.74, 6) is -0.734. The first kappa shape index (κ1) is 20.4. The molecule has 1 N–H and O–H groups in total. The van der Waals surface area contributed by atoms with Gasteiger partial charge < -0.3 is 5.32 Å². The molecule has 26 heavy (non-hydrogen) atoms. The third kappa shape index (κ3) is 6.77. The van der Waals surface area contributed by atoms with Crippen molar-refractivity contribution >= 4 is 22.0 Å². The van der Waals surface area contributed by atoms with Crippen LogP contribution in [0.3, 0.4) is 0 Å². The Hall–Kier alpha value is -1.91. The summed E-state index contributed by atoms with van der Waals surface area (Å²) in [5, 5.41) is 2.93. The number of alkyl halides is 3. The molecule has 10 heteroatoms. The Morgan fingerprint density at radius 3 is 2.31 bits per heavy atom. The van der Waals surface area contributed by atoms with Crippen LogP contribution < -0.4 is 5.32 Å². The Bertz CT molecular complexity index is 728. The number of carbonyl (C=O) groups is 1. The minimum Gasteiger partial charge on any atom is -0.346 e. The Labute approximate surface area is 150 Å². The average Bonchev–Trinajstić information content (AvgIpc) is 2.59. The van der Waals surface area contributed by atoms with E-state index in [1.54, 1.807) is 34.5 Å². The van der Waals surface area contributed by atoms with Crippen LogP contribution in [0.25, 0.3) is 6.08 Å². The molecule has 1 aromatic rings. The van der Waals surface area contributed by atoms with Gasteiger partial charge in [0.2, 0.25) is 15.9 Å². The van der Waals surface area contributed by atoms with Crippen molar-refractivity contribution in [1.82, 2.24) is 14.5 Å². The van der Waals surface area contributed by atoms with Crippen molar-refractivity contribution in [3.05, 3.63) is 41.3 Å². The van der Waals surface area contributed by atoms with E-state index in [0.29, 0.717) is 0 Å². The van der Waals surface area contributed by atoms with Crippen molar-refractivity contribution in [1.29, 1.82) is 0 Å². The van der Waals surface area contributed by atoms with Crippen LogP contribution in [-0.2, 0) is 14.8 Å². The Morgan fingerprint density at radius 2 is 1.73 bits per heavy atom. The molecule has 1 saturated heterocycles. The molecule has 144 valence electrons. The van der Waals surface area contributed by atoms with Crippen LogP contribution in [0.5, 0.6) is 0 Å². The number of hydrogen-bond donors (Lipinski definition) is 1. The molecule has 0 saturated carbocycles. The molecule has 0 aliphatic carbocycles. The van der Waals surface area contributed by atoms with Crippen molar-refractivity contribution in [3.63, 3.8) is 0 Å². The van der Waals surface area contributed by atoms with E-state index in [1.807, 2.05) is 6.07 Å². The van der Waals surface area contributed by atoms with Crippen LogP contribution in [0.1, 0.15) is 5.56 Å². The SMILES string of the molecule is O=C(CN1CCN(S(=O)(=O)/C=C/c2ccccc2)CC1)NCC(F)(F)F. The van der Waals surface area contributed by atoms with Crippen LogP contribution >= 0.6 is 0 Å². The summed E-state index contributed by atoms with van der Waals surface area (Å²) >= 11 is 0. The normalized spacial score (nSPS) is 17.5. The number of nitrogens with one attached hydrogen (secondary N) is 1. The van der Waals surface area contributed by atoms with Crippen molar-refractivity contribution in [2.45, 2.75) is 6.18 Å². The first-order valence-corrected chi connectivity index (χ1v) is 9.45. The van der Waals surface area contributed by atoms with E-state index < -0.39 is 28.7 Å². The van der Waals surface area contributed by atoms with Gasteiger partial charge >= 0.3 is 6.18 Å². The highest BCUT2D eigenvalue weighted by molar-refractivity contribution is 7.92. The second-order valence-electron chi connectivity index (χ2n) is 5.83. The lowest BCUT2D eigenvalue weighted by atomic mass is 10.2. The molecule has 6 nitrogen and oxygen atoms in total. The van der Waals surface area contributed by atoms with Gasteiger partial charge in [-0.05, 0) is 11.6 Å². The highest BCUT2D eigenvalue weighted by Crippen LogP contribution is 2.13. The maximum absolute atomic E-state index is 12.3. The van der Waals surface area contributed by atoms with Gasteiger partial charge in [-0.25, -0.2) is 8.42 Å². The van der Waals surface area contributed by atoms with E-state index in [1.165, 1.54) is 10.4 Å². The van der Waals surface area contributed by atoms with Crippen molar-refractivity contribution in [3.8, 4) is 0 Å². The smallest absolute Gasteiger partial charge is 0.346 e. The van der Waals surface area contributed by atoms with Crippen LogP contribution in [-0.4, -0.2) is 69.0 Å². The molecular weight excluding hydrogens is 371 g/mol. The van der Waals surface area contributed by atoms with E-state index in [9.17, 15) is 26.4 Å². The number of carbonyl (C=O) groups excluding carboxylic acids is 1. The van der Waals surface area contributed by atoms with Gasteiger partial charge in [0.1, 0.15) is 6.54 Å². The standard InChI is InChI=1S/C16H20F3N3O3S/c17-16(18,19)13-20-15(23)12-21-7-9-22(10-8-21)26(24,25)11-6-14-4-2-1-3-5-14/h1-6,11H,7-10,12-13H2,(H,20,23)/b11-6+. The molecule has 1 aromatic carbocycles. The minimum atomic E-state index is -4.45. The van der Waals surface area contributed by atoms with Gasteiger partial charge in [0.15, 0.2) is 0 Å². The number of sulfonamides is 1. The highest BCUT2D eigenvalue weighted by Gasteiger charge is 2.29. The van der Waals surface area contributed by atoms with Gasteiger partial charge in [0.25, 0.3) is 0 Å². The maximum Gasteiger partial charge on any atom is 0.405 e. The Morgan fingerprint density at radius 1 is 1.12 bits per heavy atom. The van der Waals surface area contributed by atoms with Crippen LogP contribution in [0.4, 0.5) is 13.2 Å². The number of rotatable bonds is 6. The number of hydrogen-bond acceptors (Lipinski definition) is 4. The third-order valence-electron chi connectivity index (χ3n) is 3.78. The second-order valence-corrected chi connectivity index (χ2v) is 7.64. The summed E-state index contributed by atoms with van der Waals surface area (Å²) in [6, 6.07) is 8.99. The summed E-state index contributed by atoms with van der Waals surface area (Å²) in [4.78, 5) is 13.1. The second kappa shape index (κ2) is 8.65. The van der Waals surface area contributed by atoms with E-state index in [-0.39, 0.29) is 32.7 Å². The number of nitrogens with zero attached hydrogens (tertiary/aromatic N) is 2. The predicted molar refractivity (Wildman–Crippen MR) is 91.5 cm³/mol. The Balaban J connectivity index is 1.82. The summed E-state index contributed by atoms with van der Waals surface area (Å²) in [5.41, 5.74) is 0.760. The molecule has 1 fully saturated rings. The zero-order valence-electron chi connectivity index (χ0n) is 13.9. The Kier molecular flexibility index (Phi) is 6.79. The fraction of sp³-hybridized carbons (Fsp3) is 0.438. The minimum absolute atomic E-state index is 0.175. The monoisotopic (exact) mass is 391 g/mol. The molecule has 1 heterocycles. The summed E-state index contributed by atoms with van der Waals surface area (Å²) < 4.78 is 62.1. The molecule has 1 aliphatic heterocycles. The maximum atomic E-state index is 12.3. The van der Waals surface area contributed by atoms with E-state index >= 15 is 0 Å². The van der Waals surface area contributed by atoms with Crippen molar-refractivity contribution < 1.29 is 26.4 Å². The first-order chi connectivity index (χ1) is 12.2. The first-order valence-electron chi connectivity index (χ1n) is 7.95. The molecule has 0 spiro atoms.